The van der Waals surface area contributed by atoms with Gasteiger partial charge in [0.05, 0.1) is 11.3 Å². The van der Waals surface area contributed by atoms with Crippen molar-refractivity contribution in [3.63, 3.8) is 0 Å². The number of piperidine rings is 1. The van der Waals surface area contributed by atoms with Gasteiger partial charge >= 0.3 is 6.09 Å². The molecule has 2 heterocycles. The number of carbonyl (C=O) groups is 1. The molecule has 1 aromatic carbocycles. The Morgan fingerprint density at radius 3 is 2.68 bits per heavy atom. The lowest BCUT2D eigenvalue weighted by Crippen LogP contribution is -2.50. The van der Waals surface area contributed by atoms with Gasteiger partial charge in [0.15, 0.2) is 0 Å². The van der Waals surface area contributed by atoms with Crippen molar-refractivity contribution in [2.45, 2.75) is 46.1 Å². The van der Waals surface area contributed by atoms with Gasteiger partial charge < -0.3 is 15.3 Å². The maximum atomic E-state index is 11.1. The summed E-state index contributed by atoms with van der Waals surface area (Å²) in [6.07, 6.45) is 4.04. The van der Waals surface area contributed by atoms with Crippen LogP contribution in [0, 0.1) is 22.7 Å². The topological polar surface area (TPSA) is 102 Å². The molecule has 28 heavy (non-hydrogen) atoms. The molecule has 3 rings (SSSR count). The molecule has 7 heteroatoms. The Balaban J connectivity index is 1.93. The van der Waals surface area contributed by atoms with Crippen LogP contribution in [0.2, 0.25) is 0 Å². The van der Waals surface area contributed by atoms with E-state index in [1.807, 2.05) is 19.9 Å². The van der Waals surface area contributed by atoms with Crippen LogP contribution in [0.5, 0.6) is 0 Å². The lowest BCUT2D eigenvalue weighted by atomic mass is 9.74. The van der Waals surface area contributed by atoms with Crippen LogP contribution in [0.15, 0.2) is 24.5 Å². The van der Waals surface area contributed by atoms with E-state index in [0.29, 0.717) is 17.0 Å². The Kier molecular flexibility index (Phi) is 5.16. The molecule has 1 aliphatic rings. The van der Waals surface area contributed by atoms with Crippen LogP contribution in [-0.2, 0) is 0 Å². The van der Waals surface area contributed by atoms with Gasteiger partial charge in [0.25, 0.3) is 0 Å². The minimum atomic E-state index is -0.995. The SMILES string of the molecule is CC1(C)C[C@H](CC(C)(C)NC(=O)O)CN(c2ccc(C#N)c3nccnc23)C1. The van der Waals surface area contributed by atoms with Crippen LogP contribution in [-0.4, -0.2) is 39.8 Å². The van der Waals surface area contributed by atoms with Crippen molar-refractivity contribution in [3.05, 3.63) is 30.1 Å². The molecule has 1 amide bonds. The number of nitriles is 1. The van der Waals surface area contributed by atoms with Crippen molar-refractivity contribution in [3.8, 4) is 6.07 Å². The van der Waals surface area contributed by atoms with Crippen molar-refractivity contribution < 1.29 is 9.90 Å². The maximum absolute atomic E-state index is 11.1. The number of benzene rings is 1. The predicted molar refractivity (Wildman–Crippen MR) is 108 cm³/mol. The Bertz CT molecular complexity index is 932. The number of nitrogens with zero attached hydrogens (tertiary/aromatic N) is 4. The summed E-state index contributed by atoms with van der Waals surface area (Å²) in [5.41, 5.74) is 2.43. The molecule has 0 radical (unpaired) electrons. The second kappa shape index (κ2) is 7.27. The first kappa shape index (κ1) is 19.9. The van der Waals surface area contributed by atoms with E-state index in [2.05, 4.69) is 40.1 Å². The zero-order valence-electron chi connectivity index (χ0n) is 16.9. The molecule has 2 N–H and O–H groups in total. The van der Waals surface area contributed by atoms with Gasteiger partial charge in [-0.3, -0.25) is 9.97 Å². The average molecular weight is 381 g/mol. The van der Waals surface area contributed by atoms with Gasteiger partial charge in [0.1, 0.15) is 17.1 Å². The highest BCUT2D eigenvalue weighted by molar-refractivity contribution is 5.92. The van der Waals surface area contributed by atoms with Gasteiger partial charge in [-0.15, -0.1) is 0 Å². The van der Waals surface area contributed by atoms with Crippen molar-refractivity contribution >= 4 is 22.8 Å². The van der Waals surface area contributed by atoms with E-state index >= 15 is 0 Å². The Labute approximate surface area is 165 Å². The molecular formula is C21H27N5O2. The number of rotatable bonds is 4. The third-order valence-corrected chi connectivity index (χ3v) is 5.25. The van der Waals surface area contributed by atoms with Crippen LogP contribution >= 0.6 is 0 Å². The second-order valence-corrected chi connectivity index (χ2v) is 9.13. The highest BCUT2D eigenvalue weighted by atomic mass is 16.4. The van der Waals surface area contributed by atoms with Gasteiger partial charge in [-0.25, -0.2) is 4.79 Å². The monoisotopic (exact) mass is 381 g/mol. The van der Waals surface area contributed by atoms with E-state index < -0.39 is 11.6 Å². The van der Waals surface area contributed by atoms with Crippen molar-refractivity contribution in [2.75, 3.05) is 18.0 Å². The van der Waals surface area contributed by atoms with Crippen LogP contribution in [0.3, 0.4) is 0 Å². The van der Waals surface area contributed by atoms with E-state index in [9.17, 15) is 10.1 Å². The summed E-state index contributed by atoms with van der Waals surface area (Å²) in [5.74, 6) is 0.327. The minimum Gasteiger partial charge on any atom is -0.465 e. The highest BCUT2D eigenvalue weighted by Gasteiger charge is 2.36. The molecule has 148 valence electrons. The van der Waals surface area contributed by atoms with Gasteiger partial charge in [-0.1, -0.05) is 13.8 Å². The molecule has 0 aliphatic carbocycles. The number of amides is 1. The highest BCUT2D eigenvalue weighted by Crippen LogP contribution is 2.39. The summed E-state index contributed by atoms with van der Waals surface area (Å²) in [5, 5.41) is 21.1. The van der Waals surface area contributed by atoms with E-state index in [1.54, 1.807) is 18.5 Å². The van der Waals surface area contributed by atoms with Crippen LogP contribution in [0.1, 0.15) is 46.1 Å². The van der Waals surface area contributed by atoms with Gasteiger partial charge in [0, 0.05) is 31.0 Å². The van der Waals surface area contributed by atoms with Gasteiger partial charge in [-0.2, -0.15) is 5.26 Å². The largest absolute Gasteiger partial charge is 0.465 e. The molecule has 7 nitrogen and oxygen atoms in total. The number of hydrogen-bond donors (Lipinski definition) is 2. The lowest BCUT2D eigenvalue weighted by molar-refractivity contribution is 0.161. The summed E-state index contributed by atoms with van der Waals surface area (Å²) in [6.45, 7) is 10.0. The van der Waals surface area contributed by atoms with E-state index in [-0.39, 0.29) is 5.41 Å². The molecule has 1 atom stereocenters. The summed E-state index contributed by atoms with van der Waals surface area (Å²) in [6, 6.07) is 5.95. The fourth-order valence-corrected chi connectivity index (χ4v) is 4.57. The molecule has 2 aromatic rings. The molecular weight excluding hydrogens is 354 g/mol. The Hall–Kier alpha value is -2.88. The third kappa shape index (κ3) is 4.33. The first-order valence-electron chi connectivity index (χ1n) is 9.50. The van der Waals surface area contributed by atoms with E-state index in [0.717, 1.165) is 37.1 Å². The van der Waals surface area contributed by atoms with Crippen molar-refractivity contribution in [1.29, 1.82) is 5.26 Å². The zero-order valence-corrected chi connectivity index (χ0v) is 16.9. The van der Waals surface area contributed by atoms with E-state index in [4.69, 9.17) is 5.11 Å². The fourth-order valence-electron chi connectivity index (χ4n) is 4.57. The molecule has 1 fully saturated rings. The summed E-state index contributed by atoms with van der Waals surface area (Å²) in [4.78, 5) is 22.3. The number of hydrogen-bond acceptors (Lipinski definition) is 5. The molecule has 1 aliphatic heterocycles. The number of carboxylic acid groups (broad SMARTS) is 1. The second-order valence-electron chi connectivity index (χ2n) is 9.13. The molecule has 0 saturated carbocycles. The summed E-state index contributed by atoms with van der Waals surface area (Å²) >= 11 is 0. The first-order valence-corrected chi connectivity index (χ1v) is 9.50. The quantitative estimate of drug-likeness (QED) is 0.835. The minimum absolute atomic E-state index is 0.0741. The summed E-state index contributed by atoms with van der Waals surface area (Å²) < 4.78 is 0. The molecule has 1 aromatic heterocycles. The number of aromatic nitrogens is 2. The molecule has 0 bridgehead atoms. The van der Waals surface area contributed by atoms with Crippen molar-refractivity contribution in [2.24, 2.45) is 11.3 Å². The van der Waals surface area contributed by atoms with Crippen LogP contribution in [0.25, 0.3) is 11.0 Å². The van der Waals surface area contributed by atoms with Gasteiger partial charge in [-0.05, 0) is 50.2 Å². The maximum Gasteiger partial charge on any atom is 0.405 e. The predicted octanol–water partition coefficient (Wildman–Crippen LogP) is 3.79. The smallest absolute Gasteiger partial charge is 0.405 e. The summed E-state index contributed by atoms with van der Waals surface area (Å²) in [7, 11) is 0. The zero-order chi connectivity index (χ0) is 20.5. The Morgan fingerprint density at radius 2 is 2.04 bits per heavy atom. The normalized spacial score (nSPS) is 19.2. The number of fused-ring (bicyclic) bond motifs is 1. The first-order chi connectivity index (χ1) is 13.1. The Morgan fingerprint density at radius 1 is 1.36 bits per heavy atom. The standard InChI is InChI=1S/C21H27N5O2/c1-20(2)9-14(10-21(3,4)25-19(27)28)12-26(13-20)16-6-5-15(11-22)17-18(16)24-8-7-23-17/h5-8,14,25H,9-10,12-13H2,1-4H3,(H,27,28)/t14-/m1/s1. The van der Waals surface area contributed by atoms with Crippen LogP contribution < -0.4 is 10.2 Å². The number of anilines is 1. The number of nitrogens with one attached hydrogen (secondary N) is 1. The van der Waals surface area contributed by atoms with Crippen LogP contribution in [0.4, 0.5) is 10.5 Å². The lowest BCUT2D eigenvalue weighted by Gasteiger charge is -2.45. The van der Waals surface area contributed by atoms with Gasteiger partial charge in [0.2, 0.25) is 0 Å². The molecule has 1 saturated heterocycles. The van der Waals surface area contributed by atoms with Crippen molar-refractivity contribution in [1.82, 2.24) is 15.3 Å². The molecule has 0 spiro atoms. The third-order valence-electron chi connectivity index (χ3n) is 5.25. The van der Waals surface area contributed by atoms with E-state index in [1.165, 1.54) is 0 Å². The average Bonchev–Trinajstić information content (AvgIpc) is 2.57. The molecule has 0 unspecified atom stereocenters. The fraction of sp³-hybridized carbons (Fsp3) is 0.524.